The molecule has 0 saturated carbocycles. The van der Waals surface area contributed by atoms with Gasteiger partial charge in [0.15, 0.2) is 0 Å². The van der Waals surface area contributed by atoms with E-state index in [9.17, 15) is 0 Å². The first-order chi connectivity index (χ1) is 8.79. The largest absolute Gasteiger partial charge is 0.398 e. The van der Waals surface area contributed by atoms with Crippen molar-refractivity contribution >= 4 is 5.69 Å². The molecule has 0 bridgehead atoms. The first-order valence-corrected chi connectivity index (χ1v) is 7.07. The van der Waals surface area contributed by atoms with Crippen LogP contribution in [0.15, 0.2) is 24.3 Å². The number of nitrogens with two attached hydrogens (primary N) is 1. The summed E-state index contributed by atoms with van der Waals surface area (Å²) in [6.07, 6.45) is 2.75. The van der Waals surface area contributed by atoms with E-state index in [-0.39, 0.29) is 0 Å². The molecule has 0 spiro atoms. The van der Waals surface area contributed by atoms with Gasteiger partial charge in [0.2, 0.25) is 0 Å². The lowest BCUT2D eigenvalue weighted by Gasteiger charge is -2.24. The highest BCUT2D eigenvalue weighted by Crippen LogP contribution is 2.13. The summed E-state index contributed by atoms with van der Waals surface area (Å²) < 4.78 is 0. The Kier molecular flexibility index (Phi) is 5.02. The average Bonchev–Trinajstić information content (AvgIpc) is 2.90. The van der Waals surface area contributed by atoms with Crippen LogP contribution in [0.1, 0.15) is 25.3 Å². The Morgan fingerprint density at radius 2 is 1.94 bits per heavy atom. The maximum absolute atomic E-state index is 6.00. The topological polar surface area (TPSA) is 32.5 Å². The highest BCUT2D eigenvalue weighted by molar-refractivity contribution is 5.46. The molecule has 3 heteroatoms. The average molecular weight is 247 g/mol. The number of anilines is 1. The molecule has 3 nitrogen and oxygen atoms in total. The molecule has 1 heterocycles. The number of hydrogen-bond donors (Lipinski definition) is 1. The summed E-state index contributed by atoms with van der Waals surface area (Å²) in [6.45, 7) is 9.18. The van der Waals surface area contributed by atoms with Gasteiger partial charge < -0.3 is 10.6 Å². The van der Waals surface area contributed by atoms with E-state index >= 15 is 0 Å². The van der Waals surface area contributed by atoms with Gasteiger partial charge in [-0.1, -0.05) is 25.1 Å². The van der Waals surface area contributed by atoms with Crippen molar-refractivity contribution in [1.29, 1.82) is 0 Å². The van der Waals surface area contributed by atoms with Gasteiger partial charge in [0.1, 0.15) is 0 Å². The van der Waals surface area contributed by atoms with Gasteiger partial charge >= 0.3 is 0 Å². The second-order valence-electron chi connectivity index (χ2n) is 5.12. The molecule has 0 radical (unpaired) electrons. The van der Waals surface area contributed by atoms with Crippen molar-refractivity contribution in [3.05, 3.63) is 29.8 Å². The molecule has 1 aromatic carbocycles. The summed E-state index contributed by atoms with van der Waals surface area (Å²) in [5.74, 6) is 0. The number of hydrogen-bond acceptors (Lipinski definition) is 3. The van der Waals surface area contributed by atoms with Crippen LogP contribution in [0.25, 0.3) is 0 Å². The van der Waals surface area contributed by atoms with Crippen LogP contribution < -0.4 is 5.73 Å². The molecule has 0 aromatic heterocycles. The molecule has 18 heavy (non-hydrogen) atoms. The maximum Gasteiger partial charge on any atom is 0.0359 e. The Balaban J connectivity index is 1.83. The highest BCUT2D eigenvalue weighted by Gasteiger charge is 2.13. The zero-order valence-electron chi connectivity index (χ0n) is 11.4. The van der Waals surface area contributed by atoms with Gasteiger partial charge in [-0.3, -0.25) is 4.90 Å². The predicted octanol–water partition coefficient (Wildman–Crippen LogP) is 2.19. The number of nitrogen functional groups attached to an aromatic ring is 1. The Bertz CT molecular complexity index is 359. The van der Waals surface area contributed by atoms with Crippen molar-refractivity contribution in [3.8, 4) is 0 Å². The summed E-state index contributed by atoms with van der Waals surface area (Å²) in [5, 5.41) is 0. The quantitative estimate of drug-likeness (QED) is 0.782. The molecular formula is C15H25N3. The van der Waals surface area contributed by atoms with E-state index in [1.807, 2.05) is 12.1 Å². The third-order valence-corrected chi connectivity index (χ3v) is 3.83. The predicted molar refractivity (Wildman–Crippen MR) is 77.5 cm³/mol. The van der Waals surface area contributed by atoms with Crippen LogP contribution in [0.3, 0.4) is 0 Å². The first kappa shape index (κ1) is 13.4. The lowest BCUT2D eigenvalue weighted by Crippen LogP contribution is -2.33. The number of benzene rings is 1. The smallest absolute Gasteiger partial charge is 0.0359 e. The van der Waals surface area contributed by atoms with E-state index in [0.717, 1.165) is 25.3 Å². The number of nitrogens with zero attached hydrogens (tertiary/aromatic N) is 2. The molecule has 1 saturated heterocycles. The second kappa shape index (κ2) is 6.76. The Morgan fingerprint density at radius 1 is 1.22 bits per heavy atom. The molecule has 0 atom stereocenters. The van der Waals surface area contributed by atoms with Gasteiger partial charge in [0, 0.05) is 25.3 Å². The number of likely N-dealkylation sites (N-methyl/N-ethyl adjacent to an activating group) is 1. The van der Waals surface area contributed by atoms with Crippen molar-refractivity contribution in [2.45, 2.75) is 26.3 Å². The lowest BCUT2D eigenvalue weighted by atomic mass is 10.1. The minimum atomic E-state index is 0.914. The van der Waals surface area contributed by atoms with Crippen LogP contribution in [0, 0.1) is 0 Å². The van der Waals surface area contributed by atoms with Crippen molar-refractivity contribution in [2.75, 3.05) is 38.5 Å². The fourth-order valence-corrected chi connectivity index (χ4v) is 2.56. The third kappa shape index (κ3) is 3.72. The first-order valence-electron chi connectivity index (χ1n) is 7.07. The van der Waals surface area contributed by atoms with Crippen LogP contribution in [0.5, 0.6) is 0 Å². The minimum Gasteiger partial charge on any atom is -0.398 e. The van der Waals surface area contributed by atoms with E-state index in [1.54, 1.807) is 0 Å². The summed E-state index contributed by atoms with van der Waals surface area (Å²) >= 11 is 0. The minimum absolute atomic E-state index is 0.914. The standard InChI is InChI=1S/C15H25N3/c1-2-17(11-12-18-9-5-6-10-18)13-14-7-3-4-8-15(14)16/h3-4,7-8H,2,5-6,9-13,16H2,1H3. The molecule has 1 fully saturated rings. The summed E-state index contributed by atoms with van der Waals surface area (Å²) in [7, 11) is 0. The van der Waals surface area contributed by atoms with Gasteiger partial charge in [-0.05, 0) is 44.1 Å². The number of likely N-dealkylation sites (tertiary alicyclic amines) is 1. The fourth-order valence-electron chi connectivity index (χ4n) is 2.56. The molecule has 0 unspecified atom stereocenters. The molecule has 2 N–H and O–H groups in total. The fraction of sp³-hybridized carbons (Fsp3) is 0.600. The monoisotopic (exact) mass is 247 g/mol. The Morgan fingerprint density at radius 3 is 2.61 bits per heavy atom. The van der Waals surface area contributed by atoms with Crippen LogP contribution in [0.4, 0.5) is 5.69 Å². The van der Waals surface area contributed by atoms with E-state index in [2.05, 4.69) is 28.9 Å². The van der Waals surface area contributed by atoms with Gasteiger partial charge in [-0.15, -0.1) is 0 Å². The van der Waals surface area contributed by atoms with Gasteiger partial charge in [0.05, 0.1) is 0 Å². The van der Waals surface area contributed by atoms with Crippen LogP contribution in [-0.4, -0.2) is 42.5 Å². The van der Waals surface area contributed by atoms with E-state index in [1.165, 1.54) is 38.0 Å². The van der Waals surface area contributed by atoms with Crippen LogP contribution >= 0.6 is 0 Å². The zero-order chi connectivity index (χ0) is 12.8. The molecule has 1 aliphatic heterocycles. The lowest BCUT2D eigenvalue weighted by molar-refractivity contribution is 0.227. The summed E-state index contributed by atoms with van der Waals surface area (Å²) in [4.78, 5) is 5.04. The van der Waals surface area contributed by atoms with Gasteiger partial charge in [-0.2, -0.15) is 0 Å². The SMILES string of the molecule is CCN(CCN1CCCC1)Cc1ccccc1N. The van der Waals surface area contributed by atoms with Crippen molar-refractivity contribution in [3.63, 3.8) is 0 Å². The number of rotatable bonds is 6. The summed E-state index contributed by atoms with van der Waals surface area (Å²) in [6, 6.07) is 8.19. The van der Waals surface area contributed by atoms with Crippen molar-refractivity contribution < 1.29 is 0 Å². The molecule has 2 rings (SSSR count). The van der Waals surface area contributed by atoms with Crippen LogP contribution in [0.2, 0.25) is 0 Å². The van der Waals surface area contributed by atoms with Gasteiger partial charge in [-0.25, -0.2) is 0 Å². The normalized spacial score (nSPS) is 16.6. The second-order valence-corrected chi connectivity index (χ2v) is 5.12. The molecule has 1 aliphatic rings. The van der Waals surface area contributed by atoms with E-state index in [0.29, 0.717) is 0 Å². The highest BCUT2D eigenvalue weighted by atomic mass is 15.2. The Labute approximate surface area is 111 Å². The molecular weight excluding hydrogens is 222 g/mol. The third-order valence-electron chi connectivity index (χ3n) is 3.83. The van der Waals surface area contributed by atoms with Crippen molar-refractivity contribution in [1.82, 2.24) is 9.80 Å². The molecule has 100 valence electrons. The maximum atomic E-state index is 6.00. The number of para-hydroxylation sites is 1. The molecule has 0 amide bonds. The molecule has 0 aliphatic carbocycles. The zero-order valence-corrected chi connectivity index (χ0v) is 11.4. The van der Waals surface area contributed by atoms with Crippen LogP contribution in [-0.2, 0) is 6.54 Å². The van der Waals surface area contributed by atoms with E-state index in [4.69, 9.17) is 5.73 Å². The molecule has 1 aromatic rings. The Hall–Kier alpha value is -1.06. The van der Waals surface area contributed by atoms with Crippen molar-refractivity contribution in [2.24, 2.45) is 0 Å². The van der Waals surface area contributed by atoms with Gasteiger partial charge in [0.25, 0.3) is 0 Å². The van der Waals surface area contributed by atoms with E-state index < -0.39 is 0 Å². The summed E-state index contributed by atoms with van der Waals surface area (Å²) in [5.41, 5.74) is 8.17.